The number of unbranched alkanes of at least 4 members (excludes halogenated alkanes) is 2. The zero-order valence-corrected chi connectivity index (χ0v) is 14.3. The molecule has 1 N–H and O–H groups in total. The first-order valence-corrected chi connectivity index (χ1v) is 8.64. The number of para-hydroxylation sites is 1. The molecule has 0 aliphatic rings. The Kier molecular flexibility index (Phi) is 9.16. The van der Waals surface area contributed by atoms with Crippen LogP contribution in [-0.2, 0) is 0 Å². The molecule has 0 heterocycles. The maximum atomic E-state index is 5.97. The first-order chi connectivity index (χ1) is 10.2. The molecule has 0 spiro atoms. The molecule has 0 aliphatic carbocycles. The average Bonchev–Trinajstić information content (AvgIpc) is 2.51. The first-order valence-electron chi connectivity index (χ1n) is 8.64. The molecule has 2 heteroatoms. The summed E-state index contributed by atoms with van der Waals surface area (Å²) in [5.41, 5.74) is 1.33. The lowest BCUT2D eigenvalue weighted by atomic mass is 9.98. The van der Waals surface area contributed by atoms with Gasteiger partial charge in [-0.15, -0.1) is 0 Å². The molecule has 1 aromatic rings. The van der Waals surface area contributed by atoms with Gasteiger partial charge in [-0.25, -0.2) is 0 Å². The molecule has 21 heavy (non-hydrogen) atoms. The van der Waals surface area contributed by atoms with Crippen molar-refractivity contribution in [2.75, 3.05) is 13.2 Å². The van der Waals surface area contributed by atoms with Crippen LogP contribution in [0.4, 0.5) is 0 Å². The van der Waals surface area contributed by atoms with Crippen molar-refractivity contribution < 1.29 is 4.74 Å². The molecule has 0 bridgehead atoms. The summed E-state index contributed by atoms with van der Waals surface area (Å²) < 4.78 is 5.97. The molecular weight excluding hydrogens is 258 g/mol. The van der Waals surface area contributed by atoms with Crippen LogP contribution in [-0.4, -0.2) is 19.2 Å². The summed E-state index contributed by atoms with van der Waals surface area (Å²) in [6.07, 6.45) is 6.36. The molecule has 1 rings (SSSR count). The minimum absolute atomic E-state index is 0.558. The van der Waals surface area contributed by atoms with Gasteiger partial charge in [0.1, 0.15) is 12.4 Å². The minimum atomic E-state index is 0.558. The number of hydrogen-bond donors (Lipinski definition) is 1. The van der Waals surface area contributed by atoms with E-state index in [0.29, 0.717) is 12.0 Å². The Bertz CT molecular complexity index is 378. The van der Waals surface area contributed by atoms with Gasteiger partial charge in [-0.3, -0.25) is 0 Å². The van der Waals surface area contributed by atoms with E-state index in [9.17, 15) is 0 Å². The number of nitrogens with one attached hydrogen (secondary N) is 1. The Morgan fingerprint density at radius 2 is 1.86 bits per heavy atom. The van der Waals surface area contributed by atoms with Crippen molar-refractivity contribution in [3.8, 4) is 5.75 Å². The van der Waals surface area contributed by atoms with Crippen LogP contribution < -0.4 is 10.1 Å². The molecule has 0 aliphatic heterocycles. The lowest BCUT2D eigenvalue weighted by Gasteiger charge is -2.17. The molecule has 2 unspecified atom stereocenters. The van der Waals surface area contributed by atoms with Gasteiger partial charge >= 0.3 is 0 Å². The fourth-order valence-corrected chi connectivity index (χ4v) is 2.51. The van der Waals surface area contributed by atoms with E-state index in [0.717, 1.165) is 25.3 Å². The molecule has 0 saturated carbocycles. The fraction of sp³-hybridized carbons (Fsp3) is 0.684. The third-order valence-corrected chi connectivity index (χ3v) is 4.16. The molecule has 2 nitrogen and oxygen atoms in total. The van der Waals surface area contributed by atoms with Gasteiger partial charge in [-0.05, 0) is 37.3 Å². The molecule has 0 saturated heterocycles. The summed E-state index contributed by atoms with van der Waals surface area (Å²) in [5, 5.41) is 3.55. The summed E-state index contributed by atoms with van der Waals surface area (Å²) in [6.45, 7) is 10.7. The van der Waals surface area contributed by atoms with Crippen molar-refractivity contribution in [1.82, 2.24) is 5.32 Å². The van der Waals surface area contributed by atoms with E-state index in [2.05, 4.69) is 57.3 Å². The minimum Gasteiger partial charge on any atom is -0.492 e. The van der Waals surface area contributed by atoms with Gasteiger partial charge < -0.3 is 10.1 Å². The van der Waals surface area contributed by atoms with Crippen molar-refractivity contribution in [2.45, 2.75) is 71.8 Å². The van der Waals surface area contributed by atoms with Crippen LogP contribution in [0.25, 0.3) is 0 Å². The van der Waals surface area contributed by atoms with Crippen molar-refractivity contribution >= 4 is 0 Å². The predicted molar refractivity (Wildman–Crippen MR) is 92.2 cm³/mol. The number of rotatable bonds is 11. The Labute approximate surface area is 131 Å². The Morgan fingerprint density at radius 1 is 1.10 bits per heavy atom. The van der Waals surface area contributed by atoms with E-state index in [1.807, 2.05) is 0 Å². The molecule has 0 fully saturated rings. The van der Waals surface area contributed by atoms with Gasteiger partial charge in [0.15, 0.2) is 0 Å². The fourth-order valence-electron chi connectivity index (χ4n) is 2.51. The molecular formula is C19H33NO. The summed E-state index contributed by atoms with van der Waals surface area (Å²) >= 11 is 0. The maximum Gasteiger partial charge on any atom is 0.122 e. The van der Waals surface area contributed by atoms with Gasteiger partial charge in [0.05, 0.1) is 0 Å². The highest BCUT2D eigenvalue weighted by Gasteiger charge is 2.09. The van der Waals surface area contributed by atoms with E-state index >= 15 is 0 Å². The first kappa shape index (κ1) is 18.0. The molecule has 2 atom stereocenters. The van der Waals surface area contributed by atoms with Gasteiger partial charge in [-0.2, -0.15) is 0 Å². The molecule has 1 aromatic carbocycles. The van der Waals surface area contributed by atoms with Crippen molar-refractivity contribution in [2.24, 2.45) is 0 Å². The van der Waals surface area contributed by atoms with E-state index in [-0.39, 0.29) is 0 Å². The lowest BCUT2D eigenvalue weighted by molar-refractivity contribution is 0.300. The lowest BCUT2D eigenvalue weighted by Crippen LogP contribution is -2.30. The highest BCUT2D eigenvalue weighted by Crippen LogP contribution is 2.28. The molecule has 0 radical (unpaired) electrons. The van der Waals surface area contributed by atoms with Crippen LogP contribution in [0, 0.1) is 0 Å². The average molecular weight is 291 g/mol. The summed E-state index contributed by atoms with van der Waals surface area (Å²) in [7, 11) is 0. The highest BCUT2D eigenvalue weighted by molar-refractivity contribution is 5.35. The summed E-state index contributed by atoms with van der Waals surface area (Å²) in [4.78, 5) is 0. The van der Waals surface area contributed by atoms with Crippen LogP contribution in [0.3, 0.4) is 0 Å². The third-order valence-electron chi connectivity index (χ3n) is 4.16. The zero-order valence-electron chi connectivity index (χ0n) is 14.3. The van der Waals surface area contributed by atoms with Crippen LogP contribution in [0.5, 0.6) is 5.75 Å². The predicted octanol–water partition coefficient (Wildman–Crippen LogP) is 5.14. The van der Waals surface area contributed by atoms with Gasteiger partial charge in [0, 0.05) is 12.6 Å². The highest BCUT2D eigenvalue weighted by atomic mass is 16.5. The van der Waals surface area contributed by atoms with E-state index < -0.39 is 0 Å². The monoisotopic (exact) mass is 291 g/mol. The number of benzene rings is 1. The Balaban J connectivity index is 2.29. The molecule has 120 valence electrons. The van der Waals surface area contributed by atoms with Crippen LogP contribution in [0.2, 0.25) is 0 Å². The van der Waals surface area contributed by atoms with Gasteiger partial charge in [-0.1, -0.05) is 58.2 Å². The van der Waals surface area contributed by atoms with Crippen LogP contribution in [0.1, 0.15) is 71.3 Å². The van der Waals surface area contributed by atoms with E-state index in [1.165, 1.54) is 31.2 Å². The van der Waals surface area contributed by atoms with Crippen LogP contribution in [0.15, 0.2) is 24.3 Å². The second kappa shape index (κ2) is 10.7. The molecule has 0 amide bonds. The van der Waals surface area contributed by atoms with Crippen molar-refractivity contribution in [3.63, 3.8) is 0 Å². The van der Waals surface area contributed by atoms with Crippen molar-refractivity contribution in [1.29, 1.82) is 0 Å². The Morgan fingerprint density at radius 3 is 2.57 bits per heavy atom. The van der Waals surface area contributed by atoms with E-state index in [1.54, 1.807) is 0 Å². The van der Waals surface area contributed by atoms with Gasteiger partial charge in [0.25, 0.3) is 0 Å². The summed E-state index contributed by atoms with van der Waals surface area (Å²) in [5.74, 6) is 1.61. The second-order valence-corrected chi connectivity index (χ2v) is 6.05. The second-order valence-electron chi connectivity index (χ2n) is 6.05. The van der Waals surface area contributed by atoms with E-state index in [4.69, 9.17) is 4.74 Å². The quantitative estimate of drug-likeness (QED) is 0.570. The maximum absolute atomic E-state index is 5.97. The SMILES string of the molecule is CCCCCC(C)NCCOc1ccccc1C(C)CC. The topological polar surface area (TPSA) is 21.3 Å². The zero-order chi connectivity index (χ0) is 15.5. The smallest absolute Gasteiger partial charge is 0.122 e. The Hall–Kier alpha value is -1.02. The largest absolute Gasteiger partial charge is 0.492 e. The number of ether oxygens (including phenoxy) is 1. The normalized spacial score (nSPS) is 13.9. The van der Waals surface area contributed by atoms with Crippen LogP contribution >= 0.6 is 0 Å². The standard InChI is InChI=1S/C19H33NO/c1-5-7-8-11-17(4)20-14-15-21-19-13-10-9-12-18(19)16(3)6-2/h9-10,12-13,16-17,20H,5-8,11,14-15H2,1-4H3. The number of hydrogen-bond acceptors (Lipinski definition) is 2. The van der Waals surface area contributed by atoms with Crippen molar-refractivity contribution in [3.05, 3.63) is 29.8 Å². The molecule has 0 aromatic heterocycles. The summed E-state index contributed by atoms with van der Waals surface area (Å²) in [6, 6.07) is 9.02. The van der Waals surface area contributed by atoms with Gasteiger partial charge in [0.2, 0.25) is 0 Å². The third kappa shape index (κ3) is 6.99.